The summed E-state index contributed by atoms with van der Waals surface area (Å²) in [6.07, 6.45) is 3.10. The molecule has 2 rings (SSSR count). The first-order valence-electron chi connectivity index (χ1n) is 6.62. The first kappa shape index (κ1) is 13.6. The van der Waals surface area contributed by atoms with Crippen LogP contribution in [0.3, 0.4) is 0 Å². The van der Waals surface area contributed by atoms with Crippen molar-refractivity contribution >= 4 is 17.3 Å². The van der Waals surface area contributed by atoms with Gasteiger partial charge in [0.1, 0.15) is 0 Å². The molecule has 1 aliphatic rings. The van der Waals surface area contributed by atoms with E-state index in [1.54, 1.807) is 0 Å². The van der Waals surface area contributed by atoms with E-state index in [-0.39, 0.29) is 0 Å². The molecule has 0 aliphatic carbocycles. The number of pyridine rings is 1. The quantitative estimate of drug-likeness (QED) is 0.785. The Balaban J connectivity index is 2.23. The minimum Gasteiger partial charge on any atom is -0.368 e. The van der Waals surface area contributed by atoms with Gasteiger partial charge in [-0.05, 0) is 26.5 Å². The zero-order valence-electron chi connectivity index (χ0n) is 11.5. The summed E-state index contributed by atoms with van der Waals surface area (Å²) in [5.74, 6) is 0.533. The van der Waals surface area contributed by atoms with Gasteiger partial charge >= 0.3 is 0 Å². The van der Waals surface area contributed by atoms with E-state index in [0.29, 0.717) is 11.9 Å². The lowest BCUT2D eigenvalue weighted by Crippen LogP contribution is -2.51. The van der Waals surface area contributed by atoms with Crippen LogP contribution in [0.2, 0.25) is 0 Å². The van der Waals surface area contributed by atoms with Gasteiger partial charge < -0.3 is 4.90 Å². The maximum Gasteiger partial charge on any atom is 0.0509 e. The van der Waals surface area contributed by atoms with E-state index < -0.39 is 0 Å². The predicted molar refractivity (Wildman–Crippen MR) is 77.5 cm³/mol. The average Bonchev–Trinajstić information content (AvgIpc) is 2.39. The predicted octanol–water partition coefficient (Wildman–Crippen LogP) is 2.66. The van der Waals surface area contributed by atoms with Crippen LogP contribution in [0, 0.1) is 6.92 Å². The molecule has 1 fully saturated rings. The van der Waals surface area contributed by atoms with Crippen LogP contribution in [0.15, 0.2) is 12.3 Å². The first-order chi connectivity index (χ1) is 8.65. The summed E-state index contributed by atoms with van der Waals surface area (Å²) < 4.78 is 0. The Morgan fingerprint density at radius 3 is 2.89 bits per heavy atom. The van der Waals surface area contributed by atoms with Gasteiger partial charge in [0.05, 0.1) is 5.88 Å². The van der Waals surface area contributed by atoms with Crippen molar-refractivity contribution in [3.63, 3.8) is 0 Å². The summed E-state index contributed by atoms with van der Waals surface area (Å²) in [5, 5.41) is 0. The van der Waals surface area contributed by atoms with E-state index in [2.05, 4.69) is 34.8 Å². The molecule has 0 amide bonds. The Labute approximate surface area is 115 Å². The van der Waals surface area contributed by atoms with Gasteiger partial charge in [-0.3, -0.25) is 9.88 Å². The molecule has 1 aromatic rings. The van der Waals surface area contributed by atoms with Gasteiger partial charge in [-0.2, -0.15) is 0 Å². The molecule has 4 heteroatoms. The number of alkyl halides is 1. The van der Waals surface area contributed by atoms with Crippen molar-refractivity contribution in [1.82, 2.24) is 9.88 Å². The fourth-order valence-electron chi connectivity index (χ4n) is 2.58. The van der Waals surface area contributed by atoms with Gasteiger partial charge in [0.15, 0.2) is 0 Å². The van der Waals surface area contributed by atoms with Crippen molar-refractivity contribution < 1.29 is 0 Å². The second kappa shape index (κ2) is 5.89. The summed E-state index contributed by atoms with van der Waals surface area (Å²) in [6.45, 7) is 7.56. The van der Waals surface area contributed by atoms with Gasteiger partial charge in [0.2, 0.25) is 0 Å². The summed E-state index contributed by atoms with van der Waals surface area (Å²) in [5.41, 5.74) is 3.47. The van der Waals surface area contributed by atoms with Crippen LogP contribution in [0.25, 0.3) is 0 Å². The number of halogens is 1. The van der Waals surface area contributed by atoms with Crippen molar-refractivity contribution in [1.29, 1.82) is 0 Å². The summed E-state index contributed by atoms with van der Waals surface area (Å²) in [6, 6.07) is 2.80. The van der Waals surface area contributed by atoms with Crippen LogP contribution in [-0.2, 0) is 5.88 Å². The molecule has 1 atom stereocenters. The SMILES string of the molecule is CCC1CN(c2cc(C)ncc2CCl)CCN1C. The molecular weight excluding hydrogens is 246 g/mol. The van der Waals surface area contributed by atoms with Crippen LogP contribution in [-0.4, -0.2) is 42.6 Å². The summed E-state index contributed by atoms with van der Waals surface area (Å²) in [4.78, 5) is 9.25. The molecule has 0 radical (unpaired) electrons. The molecule has 0 bridgehead atoms. The molecule has 100 valence electrons. The van der Waals surface area contributed by atoms with Crippen LogP contribution >= 0.6 is 11.6 Å². The number of likely N-dealkylation sites (N-methyl/N-ethyl adjacent to an activating group) is 1. The highest BCUT2D eigenvalue weighted by atomic mass is 35.5. The lowest BCUT2D eigenvalue weighted by atomic mass is 10.1. The molecular formula is C14H22ClN3. The number of hydrogen-bond donors (Lipinski definition) is 0. The van der Waals surface area contributed by atoms with E-state index in [1.807, 2.05) is 13.1 Å². The standard InChI is InChI=1S/C14H22ClN3/c1-4-13-10-18(6-5-17(13)3)14-7-11(2)16-9-12(14)8-15/h7,9,13H,4-6,8,10H2,1-3H3. The van der Waals surface area contributed by atoms with E-state index in [4.69, 9.17) is 11.6 Å². The maximum atomic E-state index is 6.03. The molecule has 0 spiro atoms. The molecule has 3 nitrogen and oxygen atoms in total. The zero-order valence-corrected chi connectivity index (χ0v) is 12.2. The second-order valence-electron chi connectivity index (χ2n) is 5.08. The van der Waals surface area contributed by atoms with Gasteiger partial charge in [-0.15, -0.1) is 11.6 Å². The molecule has 0 N–H and O–H groups in total. The fourth-order valence-corrected chi connectivity index (χ4v) is 2.78. The minimum absolute atomic E-state index is 0.533. The maximum absolute atomic E-state index is 6.03. The number of piperazine rings is 1. The molecule has 1 aromatic heterocycles. The molecule has 0 saturated carbocycles. The number of anilines is 1. The lowest BCUT2D eigenvalue weighted by molar-refractivity contribution is 0.213. The van der Waals surface area contributed by atoms with Gasteiger partial charge in [-0.1, -0.05) is 6.92 Å². The summed E-state index contributed by atoms with van der Waals surface area (Å²) >= 11 is 6.03. The molecule has 1 aliphatic heterocycles. The van der Waals surface area contributed by atoms with Gasteiger partial charge in [0.25, 0.3) is 0 Å². The van der Waals surface area contributed by atoms with E-state index >= 15 is 0 Å². The molecule has 1 unspecified atom stereocenters. The highest BCUT2D eigenvalue weighted by molar-refractivity contribution is 6.17. The van der Waals surface area contributed by atoms with Gasteiger partial charge in [0, 0.05) is 48.8 Å². The summed E-state index contributed by atoms with van der Waals surface area (Å²) in [7, 11) is 2.21. The third-order valence-corrected chi connectivity index (χ3v) is 4.12. The van der Waals surface area contributed by atoms with Crippen molar-refractivity contribution in [2.24, 2.45) is 0 Å². The van der Waals surface area contributed by atoms with E-state index in [1.165, 1.54) is 12.1 Å². The Morgan fingerprint density at radius 1 is 1.44 bits per heavy atom. The van der Waals surface area contributed by atoms with Crippen molar-refractivity contribution in [2.75, 3.05) is 31.6 Å². The molecule has 18 heavy (non-hydrogen) atoms. The normalized spacial score (nSPS) is 21.3. The number of aryl methyl sites for hydroxylation is 1. The second-order valence-corrected chi connectivity index (χ2v) is 5.34. The van der Waals surface area contributed by atoms with Crippen LogP contribution < -0.4 is 4.90 Å². The van der Waals surface area contributed by atoms with E-state index in [9.17, 15) is 0 Å². The highest BCUT2D eigenvalue weighted by Crippen LogP contribution is 2.25. The van der Waals surface area contributed by atoms with Gasteiger partial charge in [-0.25, -0.2) is 0 Å². The largest absolute Gasteiger partial charge is 0.368 e. The minimum atomic E-state index is 0.533. The first-order valence-corrected chi connectivity index (χ1v) is 7.15. The average molecular weight is 268 g/mol. The monoisotopic (exact) mass is 267 g/mol. The lowest BCUT2D eigenvalue weighted by Gasteiger charge is -2.41. The highest BCUT2D eigenvalue weighted by Gasteiger charge is 2.24. The Morgan fingerprint density at radius 2 is 2.22 bits per heavy atom. The topological polar surface area (TPSA) is 19.4 Å². The van der Waals surface area contributed by atoms with Crippen LogP contribution in [0.1, 0.15) is 24.6 Å². The van der Waals surface area contributed by atoms with Crippen molar-refractivity contribution in [2.45, 2.75) is 32.2 Å². The zero-order chi connectivity index (χ0) is 13.1. The Hall–Kier alpha value is -0.800. The Bertz CT molecular complexity index is 408. The number of aromatic nitrogens is 1. The third-order valence-electron chi connectivity index (χ3n) is 3.83. The Kier molecular flexibility index (Phi) is 4.46. The van der Waals surface area contributed by atoms with Crippen LogP contribution in [0.4, 0.5) is 5.69 Å². The molecule has 2 heterocycles. The number of nitrogens with zero attached hydrogens (tertiary/aromatic N) is 3. The smallest absolute Gasteiger partial charge is 0.0509 e. The van der Waals surface area contributed by atoms with Crippen molar-refractivity contribution in [3.05, 3.63) is 23.5 Å². The van der Waals surface area contributed by atoms with E-state index in [0.717, 1.165) is 30.9 Å². The number of hydrogen-bond acceptors (Lipinski definition) is 3. The third kappa shape index (κ3) is 2.78. The fraction of sp³-hybridized carbons (Fsp3) is 0.643. The van der Waals surface area contributed by atoms with Crippen molar-refractivity contribution in [3.8, 4) is 0 Å². The van der Waals surface area contributed by atoms with Crippen LogP contribution in [0.5, 0.6) is 0 Å². The molecule has 1 saturated heterocycles. The molecule has 0 aromatic carbocycles. The number of rotatable bonds is 3.